The third-order valence-corrected chi connectivity index (χ3v) is 4.25. The minimum atomic E-state index is -2.95. The first kappa shape index (κ1) is 18.2. The van der Waals surface area contributed by atoms with E-state index >= 15 is 0 Å². The Bertz CT molecular complexity index is 911. The maximum atomic E-state index is 12.2. The first-order valence-electron chi connectivity index (χ1n) is 8.12. The van der Waals surface area contributed by atoms with Crippen LogP contribution >= 0.6 is 11.6 Å². The van der Waals surface area contributed by atoms with Crippen molar-refractivity contribution < 1.29 is 18.3 Å². The minimum absolute atomic E-state index is 0.0156. The Morgan fingerprint density at radius 1 is 1.23 bits per heavy atom. The summed E-state index contributed by atoms with van der Waals surface area (Å²) in [5.74, 6) is -0.289. The van der Waals surface area contributed by atoms with Gasteiger partial charge in [-0.2, -0.15) is 8.78 Å². The van der Waals surface area contributed by atoms with Crippen molar-refractivity contribution in [1.29, 1.82) is 0 Å². The van der Waals surface area contributed by atoms with Gasteiger partial charge in [0.2, 0.25) is 5.91 Å². The summed E-state index contributed by atoms with van der Waals surface area (Å²) in [6.45, 7) is -2.95. The number of anilines is 1. The summed E-state index contributed by atoms with van der Waals surface area (Å²) in [5.41, 5.74) is 2.69. The van der Waals surface area contributed by atoms with Crippen molar-refractivity contribution in [2.75, 3.05) is 5.32 Å². The van der Waals surface area contributed by atoms with Gasteiger partial charge in [-0.3, -0.25) is 4.79 Å². The monoisotopic (exact) mass is 378 g/mol. The lowest BCUT2D eigenvalue weighted by Crippen LogP contribution is -2.11. The number of nitrogens with one attached hydrogen (secondary N) is 2. The molecule has 1 heterocycles. The number of hydrogen-bond donors (Lipinski definition) is 2. The van der Waals surface area contributed by atoms with E-state index in [2.05, 4.69) is 15.0 Å². The fourth-order valence-corrected chi connectivity index (χ4v) is 3.00. The van der Waals surface area contributed by atoms with E-state index in [1.165, 1.54) is 23.8 Å². The quantitative estimate of drug-likeness (QED) is 0.579. The van der Waals surface area contributed by atoms with Crippen LogP contribution in [0.5, 0.6) is 5.75 Å². The lowest BCUT2D eigenvalue weighted by Gasteiger charge is -2.09. The maximum Gasteiger partial charge on any atom is 0.387 e. The molecule has 0 aliphatic carbocycles. The highest BCUT2D eigenvalue weighted by Crippen LogP contribution is 2.29. The molecule has 2 aromatic carbocycles. The SMILES string of the molecule is O=C(CCCc1c[nH]c2ccccc12)Nc1ccc(OC(F)F)c(Cl)c1. The topological polar surface area (TPSA) is 54.1 Å². The zero-order valence-electron chi connectivity index (χ0n) is 13.8. The summed E-state index contributed by atoms with van der Waals surface area (Å²) in [5, 5.41) is 3.88. The average Bonchev–Trinajstić information content (AvgIpc) is 3.00. The summed E-state index contributed by atoms with van der Waals surface area (Å²) in [7, 11) is 0. The molecular weight excluding hydrogens is 362 g/mol. The molecule has 1 aromatic heterocycles. The number of amides is 1. The van der Waals surface area contributed by atoms with Crippen molar-refractivity contribution in [3.63, 3.8) is 0 Å². The summed E-state index contributed by atoms with van der Waals surface area (Å²) < 4.78 is 28.7. The van der Waals surface area contributed by atoms with E-state index in [4.69, 9.17) is 11.6 Å². The molecule has 2 N–H and O–H groups in total. The number of H-pyrrole nitrogens is 1. The molecule has 0 atom stereocenters. The normalized spacial score (nSPS) is 11.1. The number of benzene rings is 2. The van der Waals surface area contributed by atoms with Crippen molar-refractivity contribution >= 4 is 34.1 Å². The molecule has 0 aliphatic rings. The molecule has 3 rings (SSSR count). The molecule has 0 saturated carbocycles. The minimum Gasteiger partial charge on any atom is -0.433 e. The van der Waals surface area contributed by atoms with Crippen LogP contribution in [0.1, 0.15) is 18.4 Å². The predicted molar refractivity (Wildman–Crippen MR) is 98.0 cm³/mol. The predicted octanol–water partition coefficient (Wildman–Crippen LogP) is 5.38. The van der Waals surface area contributed by atoms with Crippen LogP contribution in [0.25, 0.3) is 10.9 Å². The van der Waals surface area contributed by atoms with Gasteiger partial charge in [0.15, 0.2) is 0 Å². The molecule has 4 nitrogen and oxygen atoms in total. The van der Waals surface area contributed by atoms with E-state index in [1.54, 1.807) is 0 Å². The molecule has 0 spiro atoms. The Balaban J connectivity index is 1.52. The average molecular weight is 379 g/mol. The molecule has 26 heavy (non-hydrogen) atoms. The fourth-order valence-electron chi connectivity index (χ4n) is 2.77. The van der Waals surface area contributed by atoms with Crippen LogP contribution in [0.4, 0.5) is 14.5 Å². The largest absolute Gasteiger partial charge is 0.433 e. The highest BCUT2D eigenvalue weighted by molar-refractivity contribution is 6.32. The first-order chi connectivity index (χ1) is 12.5. The number of fused-ring (bicyclic) bond motifs is 1. The molecule has 136 valence electrons. The highest BCUT2D eigenvalue weighted by atomic mass is 35.5. The molecule has 0 radical (unpaired) electrons. The molecule has 0 aliphatic heterocycles. The Morgan fingerprint density at radius 3 is 2.81 bits per heavy atom. The third-order valence-electron chi connectivity index (χ3n) is 3.96. The number of ether oxygens (including phenoxy) is 1. The molecule has 3 aromatic rings. The number of aromatic amines is 1. The highest BCUT2D eigenvalue weighted by Gasteiger charge is 2.11. The number of alkyl halides is 2. The van der Waals surface area contributed by atoms with Crippen molar-refractivity contribution in [1.82, 2.24) is 4.98 Å². The second kappa shape index (κ2) is 8.19. The molecule has 0 unspecified atom stereocenters. The number of para-hydroxylation sites is 1. The first-order valence-corrected chi connectivity index (χ1v) is 8.50. The van der Waals surface area contributed by atoms with E-state index in [0.29, 0.717) is 18.5 Å². The summed E-state index contributed by atoms with van der Waals surface area (Å²) in [6.07, 6.45) is 3.77. The number of aromatic nitrogens is 1. The zero-order chi connectivity index (χ0) is 18.5. The number of carbonyl (C=O) groups excluding carboxylic acids is 1. The molecule has 0 bridgehead atoms. The van der Waals surface area contributed by atoms with E-state index in [9.17, 15) is 13.6 Å². The van der Waals surface area contributed by atoms with Crippen LogP contribution in [0.2, 0.25) is 5.02 Å². The van der Waals surface area contributed by atoms with Gasteiger partial charge in [0.25, 0.3) is 0 Å². The van der Waals surface area contributed by atoms with E-state index in [1.807, 2.05) is 30.5 Å². The van der Waals surface area contributed by atoms with Crippen LogP contribution in [0.15, 0.2) is 48.7 Å². The van der Waals surface area contributed by atoms with Crippen LogP contribution in [0.3, 0.4) is 0 Å². The third kappa shape index (κ3) is 4.52. The number of rotatable bonds is 7. The lowest BCUT2D eigenvalue weighted by molar-refractivity contribution is -0.116. The summed E-state index contributed by atoms with van der Waals surface area (Å²) in [6, 6.07) is 12.2. The zero-order valence-corrected chi connectivity index (χ0v) is 14.5. The Kier molecular flexibility index (Phi) is 5.73. The summed E-state index contributed by atoms with van der Waals surface area (Å²) >= 11 is 5.87. The van der Waals surface area contributed by atoms with Gasteiger partial charge in [0, 0.05) is 29.2 Å². The fraction of sp³-hybridized carbons (Fsp3) is 0.211. The van der Waals surface area contributed by atoms with Crippen molar-refractivity contribution in [2.24, 2.45) is 0 Å². The second-order valence-corrected chi connectivity index (χ2v) is 6.19. The van der Waals surface area contributed by atoms with E-state index < -0.39 is 6.61 Å². The standard InChI is InChI=1S/C19H17ClF2N2O2/c20-15-10-13(8-9-17(15)26-19(21)22)24-18(25)7-3-4-12-11-23-16-6-2-1-5-14(12)16/h1-2,5-6,8-11,19,23H,3-4,7H2,(H,24,25). The van der Waals surface area contributed by atoms with Gasteiger partial charge in [-0.1, -0.05) is 29.8 Å². The number of hydrogen-bond acceptors (Lipinski definition) is 2. The molecule has 7 heteroatoms. The van der Waals surface area contributed by atoms with E-state index in [-0.39, 0.29) is 16.7 Å². The second-order valence-electron chi connectivity index (χ2n) is 5.78. The molecule has 0 fully saturated rings. The van der Waals surface area contributed by atoms with Crippen molar-refractivity contribution in [3.8, 4) is 5.75 Å². The molecular formula is C19H17ClF2N2O2. The Labute approximate surface area is 154 Å². The number of aryl methyl sites for hydroxylation is 1. The van der Waals surface area contributed by atoms with Crippen LogP contribution in [-0.2, 0) is 11.2 Å². The van der Waals surface area contributed by atoms with Crippen LogP contribution in [0, 0.1) is 0 Å². The Morgan fingerprint density at radius 2 is 2.04 bits per heavy atom. The number of halogens is 3. The van der Waals surface area contributed by atoms with Gasteiger partial charge in [0.1, 0.15) is 5.75 Å². The van der Waals surface area contributed by atoms with Gasteiger partial charge in [-0.25, -0.2) is 0 Å². The van der Waals surface area contributed by atoms with Gasteiger partial charge in [-0.05, 0) is 42.7 Å². The van der Waals surface area contributed by atoms with Crippen LogP contribution in [-0.4, -0.2) is 17.5 Å². The van der Waals surface area contributed by atoms with Gasteiger partial charge >= 0.3 is 6.61 Å². The maximum absolute atomic E-state index is 12.2. The molecule has 1 amide bonds. The lowest BCUT2D eigenvalue weighted by atomic mass is 10.1. The smallest absolute Gasteiger partial charge is 0.387 e. The Hall–Kier alpha value is -2.60. The molecule has 0 saturated heterocycles. The van der Waals surface area contributed by atoms with Crippen molar-refractivity contribution in [2.45, 2.75) is 25.9 Å². The summed E-state index contributed by atoms with van der Waals surface area (Å²) in [4.78, 5) is 15.3. The van der Waals surface area contributed by atoms with Gasteiger partial charge in [0.05, 0.1) is 5.02 Å². The number of carbonyl (C=O) groups is 1. The van der Waals surface area contributed by atoms with Crippen LogP contribution < -0.4 is 10.1 Å². The van der Waals surface area contributed by atoms with E-state index in [0.717, 1.165) is 17.3 Å². The van der Waals surface area contributed by atoms with Gasteiger partial charge < -0.3 is 15.0 Å². The van der Waals surface area contributed by atoms with Gasteiger partial charge in [-0.15, -0.1) is 0 Å². The van der Waals surface area contributed by atoms with Crippen molar-refractivity contribution in [3.05, 3.63) is 59.2 Å².